The van der Waals surface area contributed by atoms with E-state index in [9.17, 15) is 0 Å². The normalized spacial score (nSPS) is 14.1. The summed E-state index contributed by atoms with van der Waals surface area (Å²) in [5, 5.41) is 3.49. The molecule has 0 aliphatic carbocycles. The van der Waals surface area contributed by atoms with E-state index in [4.69, 9.17) is 18.0 Å². The summed E-state index contributed by atoms with van der Waals surface area (Å²) in [6.45, 7) is 6.60. The third-order valence-electron chi connectivity index (χ3n) is 3.14. The van der Waals surface area contributed by atoms with E-state index >= 15 is 0 Å². The number of benzene rings is 1. The van der Waals surface area contributed by atoms with Crippen LogP contribution < -0.4 is 11.1 Å². The first-order valence-electron chi connectivity index (χ1n) is 5.82. The Kier molecular flexibility index (Phi) is 5.40. The zero-order chi connectivity index (χ0) is 13.0. The summed E-state index contributed by atoms with van der Waals surface area (Å²) in [6.07, 6.45) is 1.14. The van der Waals surface area contributed by atoms with Crippen LogP contribution in [-0.4, -0.2) is 11.0 Å². The van der Waals surface area contributed by atoms with Crippen LogP contribution >= 0.6 is 28.1 Å². The Hall–Kier alpha value is -0.610. The quantitative estimate of drug-likeness (QED) is 0.809. The summed E-state index contributed by atoms with van der Waals surface area (Å²) < 4.78 is 0.936. The highest BCUT2D eigenvalue weighted by Crippen LogP contribution is 2.26. The lowest BCUT2D eigenvalue weighted by Gasteiger charge is -2.23. The van der Waals surface area contributed by atoms with Gasteiger partial charge in [-0.15, -0.1) is 0 Å². The maximum absolute atomic E-state index is 5.76. The van der Waals surface area contributed by atoms with Crippen LogP contribution in [0.2, 0.25) is 0 Å². The van der Waals surface area contributed by atoms with E-state index in [1.54, 1.807) is 0 Å². The number of hydrogen-bond acceptors (Lipinski definition) is 2. The van der Waals surface area contributed by atoms with Crippen molar-refractivity contribution in [2.45, 2.75) is 33.2 Å². The van der Waals surface area contributed by atoms with Crippen LogP contribution in [0.5, 0.6) is 0 Å². The van der Waals surface area contributed by atoms with Crippen LogP contribution in [0, 0.1) is 5.92 Å². The van der Waals surface area contributed by atoms with Crippen molar-refractivity contribution >= 4 is 38.8 Å². The fraction of sp³-hybridized carbons (Fsp3) is 0.462. The molecule has 94 valence electrons. The van der Waals surface area contributed by atoms with Gasteiger partial charge in [0.1, 0.15) is 4.99 Å². The van der Waals surface area contributed by atoms with Crippen molar-refractivity contribution in [1.82, 2.24) is 0 Å². The molecule has 1 aromatic carbocycles. The molecule has 0 amide bonds. The monoisotopic (exact) mass is 314 g/mol. The molecule has 17 heavy (non-hydrogen) atoms. The molecule has 0 aliphatic rings. The Labute approximate surface area is 117 Å². The molecule has 0 fully saturated rings. The minimum atomic E-state index is 0.391. The van der Waals surface area contributed by atoms with Gasteiger partial charge in [0, 0.05) is 21.8 Å². The van der Waals surface area contributed by atoms with Gasteiger partial charge >= 0.3 is 0 Å². The molecular formula is C13H19BrN2S. The number of halogens is 1. The van der Waals surface area contributed by atoms with Gasteiger partial charge in [-0.05, 0) is 40.9 Å². The summed E-state index contributed by atoms with van der Waals surface area (Å²) in [5.74, 6) is 0.605. The summed E-state index contributed by atoms with van der Waals surface area (Å²) in [7, 11) is 0. The number of nitrogens with one attached hydrogen (secondary N) is 1. The lowest BCUT2D eigenvalue weighted by atomic mass is 10.00. The maximum atomic E-state index is 5.76. The first-order valence-corrected chi connectivity index (χ1v) is 7.02. The van der Waals surface area contributed by atoms with Gasteiger partial charge < -0.3 is 11.1 Å². The van der Waals surface area contributed by atoms with Crippen LogP contribution in [0.4, 0.5) is 5.69 Å². The lowest BCUT2D eigenvalue weighted by Crippen LogP contribution is -2.25. The number of nitrogens with two attached hydrogens (primary N) is 1. The number of anilines is 1. The zero-order valence-electron chi connectivity index (χ0n) is 10.5. The van der Waals surface area contributed by atoms with Crippen LogP contribution in [-0.2, 0) is 0 Å². The van der Waals surface area contributed by atoms with Crippen molar-refractivity contribution in [3.8, 4) is 0 Å². The Balaban J connectivity index is 2.98. The highest BCUT2D eigenvalue weighted by atomic mass is 79.9. The number of rotatable bonds is 5. The van der Waals surface area contributed by atoms with Gasteiger partial charge in [-0.25, -0.2) is 0 Å². The zero-order valence-corrected chi connectivity index (χ0v) is 12.9. The Morgan fingerprint density at radius 2 is 2.12 bits per heavy atom. The third-order valence-corrected chi connectivity index (χ3v) is 4.01. The SMILES string of the molecule is CCC(C)C(C)Nc1cccc(Br)c1C(N)=S. The molecule has 2 atom stereocenters. The molecule has 0 aliphatic heterocycles. The minimum absolute atomic E-state index is 0.391. The molecule has 0 heterocycles. The molecule has 2 nitrogen and oxygen atoms in total. The van der Waals surface area contributed by atoms with Gasteiger partial charge in [-0.1, -0.05) is 38.6 Å². The average molecular weight is 315 g/mol. The Bertz CT molecular complexity index is 406. The van der Waals surface area contributed by atoms with E-state index in [1.807, 2.05) is 18.2 Å². The van der Waals surface area contributed by atoms with Crippen LogP contribution in [0.3, 0.4) is 0 Å². The van der Waals surface area contributed by atoms with E-state index in [0.29, 0.717) is 16.9 Å². The molecule has 0 saturated carbocycles. The van der Waals surface area contributed by atoms with Gasteiger partial charge in [-0.3, -0.25) is 0 Å². The van der Waals surface area contributed by atoms with Crippen molar-refractivity contribution in [2.75, 3.05) is 5.32 Å². The average Bonchev–Trinajstić information content (AvgIpc) is 2.27. The van der Waals surface area contributed by atoms with Gasteiger partial charge in [0.2, 0.25) is 0 Å². The van der Waals surface area contributed by atoms with E-state index in [2.05, 4.69) is 42.0 Å². The molecule has 4 heteroatoms. The summed E-state index contributed by atoms with van der Waals surface area (Å²) in [5.41, 5.74) is 7.65. The highest BCUT2D eigenvalue weighted by Gasteiger charge is 2.14. The lowest BCUT2D eigenvalue weighted by molar-refractivity contribution is 0.494. The smallest absolute Gasteiger partial charge is 0.107 e. The standard InChI is InChI=1S/C13H19BrN2S/c1-4-8(2)9(3)16-11-7-5-6-10(14)12(11)13(15)17/h5-9,16H,4H2,1-3H3,(H2,15,17). The third kappa shape index (κ3) is 3.68. The van der Waals surface area contributed by atoms with E-state index in [-0.39, 0.29) is 0 Å². The minimum Gasteiger partial charge on any atom is -0.389 e. The first kappa shape index (κ1) is 14.5. The molecule has 2 unspecified atom stereocenters. The summed E-state index contributed by atoms with van der Waals surface area (Å²) in [4.78, 5) is 0.413. The predicted octanol–water partition coefficient (Wildman–Crippen LogP) is 3.93. The van der Waals surface area contributed by atoms with Crippen molar-refractivity contribution in [1.29, 1.82) is 0 Å². The Morgan fingerprint density at radius 3 is 2.65 bits per heavy atom. The second-order valence-corrected chi connectivity index (χ2v) is 5.64. The molecule has 1 aromatic rings. The number of hydrogen-bond donors (Lipinski definition) is 2. The van der Waals surface area contributed by atoms with Gasteiger partial charge in [0.05, 0.1) is 0 Å². The topological polar surface area (TPSA) is 38.0 Å². The van der Waals surface area contributed by atoms with Crippen LogP contribution in [0.1, 0.15) is 32.8 Å². The fourth-order valence-electron chi connectivity index (χ4n) is 1.64. The molecule has 0 aromatic heterocycles. The van der Waals surface area contributed by atoms with Crippen molar-refractivity contribution in [2.24, 2.45) is 11.7 Å². The van der Waals surface area contributed by atoms with E-state index in [1.165, 1.54) is 0 Å². The van der Waals surface area contributed by atoms with Crippen molar-refractivity contribution in [3.05, 3.63) is 28.2 Å². The number of thiocarbonyl (C=S) groups is 1. The summed E-state index contributed by atoms with van der Waals surface area (Å²) in [6, 6.07) is 6.34. The fourth-order valence-corrected chi connectivity index (χ4v) is 2.57. The molecule has 0 saturated heterocycles. The molecule has 0 bridgehead atoms. The van der Waals surface area contributed by atoms with E-state index < -0.39 is 0 Å². The Morgan fingerprint density at radius 1 is 1.47 bits per heavy atom. The maximum Gasteiger partial charge on any atom is 0.107 e. The molecular weight excluding hydrogens is 296 g/mol. The second kappa shape index (κ2) is 6.36. The molecule has 0 radical (unpaired) electrons. The largest absolute Gasteiger partial charge is 0.389 e. The van der Waals surface area contributed by atoms with E-state index in [0.717, 1.165) is 22.1 Å². The van der Waals surface area contributed by atoms with Crippen LogP contribution in [0.25, 0.3) is 0 Å². The first-order chi connectivity index (χ1) is 7.97. The van der Waals surface area contributed by atoms with Crippen molar-refractivity contribution in [3.63, 3.8) is 0 Å². The van der Waals surface area contributed by atoms with Gasteiger partial charge in [-0.2, -0.15) is 0 Å². The van der Waals surface area contributed by atoms with Crippen LogP contribution in [0.15, 0.2) is 22.7 Å². The molecule has 0 spiro atoms. The van der Waals surface area contributed by atoms with Gasteiger partial charge in [0.25, 0.3) is 0 Å². The molecule has 3 N–H and O–H groups in total. The van der Waals surface area contributed by atoms with Gasteiger partial charge in [0.15, 0.2) is 0 Å². The second-order valence-electron chi connectivity index (χ2n) is 4.35. The van der Waals surface area contributed by atoms with Crippen molar-refractivity contribution < 1.29 is 0 Å². The summed E-state index contributed by atoms with van der Waals surface area (Å²) >= 11 is 8.58. The molecule has 1 rings (SSSR count). The predicted molar refractivity (Wildman–Crippen MR) is 82.6 cm³/mol. The highest BCUT2D eigenvalue weighted by molar-refractivity contribution is 9.10.